The molecule has 0 aromatic carbocycles. The van der Waals surface area contributed by atoms with Crippen LogP contribution in [0.5, 0.6) is 0 Å². The summed E-state index contributed by atoms with van der Waals surface area (Å²) in [6, 6.07) is 0. The normalized spacial score (nSPS) is 49.5. The van der Waals surface area contributed by atoms with Crippen molar-refractivity contribution in [1.29, 1.82) is 0 Å². The monoisotopic (exact) mass is 295 g/mol. The number of alkyl halides is 2. The summed E-state index contributed by atoms with van der Waals surface area (Å²) in [5.41, 5.74) is -0.0816. The van der Waals surface area contributed by atoms with Crippen LogP contribution in [0.2, 0.25) is 0 Å². The molecule has 2 rings (SSSR count). The molecule has 68 valence electrons. The summed E-state index contributed by atoms with van der Waals surface area (Å²) in [6.07, 6.45) is 0.652. The molecule has 1 heterocycles. The summed E-state index contributed by atoms with van der Waals surface area (Å²) in [6.45, 7) is 4.21. The number of rotatable bonds is 0. The SMILES string of the molecule is C[C@H]1CC(=O)N[C@]2(C)[C@H]1C2(Br)Br. The quantitative estimate of drug-likeness (QED) is 0.681. The molecule has 2 fully saturated rings. The Kier molecular flexibility index (Phi) is 1.70. The second kappa shape index (κ2) is 2.27. The molecule has 0 unspecified atom stereocenters. The number of piperidine rings is 1. The maximum Gasteiger partial charge on any atom is 0.220 e. The molecule has 0 spiro atoms. The van der Waals surface area contributed by atoms with Crippen LogP contribution in [0.25, 0.3) is 0 Å². The zero-order valence-electron chi connectivity index (χ0n) is 7.03. The molecule has 1 aliphatic heterocycles. The maximum atomic E-state index is 11.3. The van der Waals surface area contributed by atoms with Gasteiger partial charge in [-0.15, -0.1) is 0 Å². The summed E-state index contributed by atoms with van der Waals surface area (Å²) >= 11 is 7.21. The van der Waals surface area contributed by atoms with Crippen molar-refractivity contribution in [1.82, 2.24) is 5.32 Å². The van der Waals surface area contributed by atoms with E-state index in [0.717, 1.165) is 0 Å². The van der Waals surface area contributed by atoms with E-state index >= 15 is 0 Å². The molecule has 0 bridgehead atoms. The fourth-order valence-corrected chi connectivity index (χ4v) is 4.68. The molecule has 0 radical (unpaired) electrons. The lowest BCUT2D eigenvalue weighted by Crippen LogP contribution is -2.43. The summed E-state index contributed by atoms with van der Waals surface area (Å²) in [4.78, 5) is 11.3. The van der Waals surface area contributed by atoms with E-state index in [-0.39, 0.29) is 14.7 Å². The molecule has 1 amide bonds. The van der Waals surface area contributed by atoms with E-state index in [1.165, 1.54) is 0 Å². The van der Waals surface area contributed by atoms with E-state index < -0.39 is 0 Å². The van der Waals surface area contributed by atoms with Crippen molar-refractivity contribution in [3.8, 4) is 0 Å². The van der Waals surface area contributed by atoms with Gasteiger partial charge in [-0.3, -0.25) is 4.79 Å². The fourth-order valence-electron chi connectivity index (χ4n) is 2.40. The fraction of sp³-hybridized carbons (Fsp3) is 0.875. The van der Waals surface area contributed by atoms with Crippen molar-refractivity contribution >= 4 is 37.8 Å². The number of halogens is 2. The van der Waals surface area contributed by atoms with Crippen LogP contribution in [0.4, 0.5) is 0 Å². The van der Waals surface area contributed by atoms with Crippen molar-refractivity contribution in [2.24, 2.45) is 11.8 Å². The molecule has 0 aromatic rings. The largest absolute Gasteiger partial charge is 0.348 e. The minimum absolute atomic E-state index is 0.0709. The highest BCUT2D eigenvalue weighted by atomic mass is 79.9. The Labute approximate surface area is 88.7 Å². The van der Waals surface area contributed by atoms with Crippen LogP contribution in [-0.4, -0.2) is 14.7 Å². The molecule has 1 N–H and O–H groups in total. The van der Waals surface area contributed by atoms with Gasteiger partial charge in [0.15, 0.2) is 0 Å². The van der Waals surface area contributed by atoms with E-state index in [1.807, 2.05) is 0 Å². The van der Waals surface area contributed by atoms with E-state index in [4.69, 9.17) is 0 Å². The van der Waals surface area contributed by atoms with Crippen molar-refractivity contribution in [2.45, 2.75) is 29.0 Å². The topological polar surface area (TPSA) is 29.1 Å². The van der Waals surface area contributed by atoms with E-state index in [2.05, 4.69) is 51.0 Å². The number of hydrogen-bond acceptors (Lipinski definition) is 1. The lowest BCUT2D eigenvalue weighted by atomic mass is 9.95. The smallest absolute Gasteiger partial charge is 0.220 e. The molecular weight excluding hydrogens is 286 g/mol. The summed E-state index contributed by atoms with van der Waals surface area (Å²) in [5.74, 6) is 1.15. The minimum atomic E-state index is -0.0816. The van der Waals surface area contributed by atoms with Gasteiger partial charge in [0.25, 0.3) is 0 Å². The highest BCUT2D eigenvalue weighted by Gasteiger charge is 2.75. The van der Waals surface area contributed by atoms with Gasteiger partial charge >= 0.3 is 0 Å². The third-order valence-electron chi connectivity index (χ3n) is 3.10. The van der Waals surface area contributed by atoms with Crippen LogP contribution < -0.4 is 5.32 Å². The number of carbonyl (C=O) groups excluding carboxylic acids is 1. The molecule has 12 heavy (non-hydrogen) atoms. The molecule has 1 aliphatic carbocycles. The van der Waals surface area contributed by atoms with Crippen LogP contribution in [0, 0.1) is 11.8 Å². The summed E-state index contributed by atoms with van der Waals surface area (Å²) in [7, 11) is 0. The van der Waals surface area contributed by atoms with Gasteiger partial charge in [-0.2, -0.15) is 0 Å². The van der Waals surface area contributed by atoms with Crippen molar-refractivity contribution < 1.29 is 4.79 Å². The lowest BCUT2D eigenvalue weighted by Gasteiger charge is -2.23. The zero-order valence-corrected chi connectivity index (χ0v) is 10.2. The first-order chi connectivity index (χ1) is 5.39. The summed E-state index contributed by atoms with van der Waals surface area (Å²) in [5, 5.41) is 3.02. The van der Waals surface area contributed by atoms with Gasteiger partial charge in [0.2, 0.25) is 5.91 Å². The van der Waals surface area contributed by atoms with Gasteiger partial charge in [-0.25, -0.2) is 0 Å². The predicted octanol–water partition coefficient (Wildman–Crippen LogP) is 2.02. The Bertz CT molecular complexity index is 253. The van der Waals surface area contributed by atoms with Crippen molar-refractivity contribution in [2.75, 3.05) is 0 Å². The highest BCUT2D eigenvalue weighted by Crippen LogP contribution is 2.69. The van der Waals surface area contributed by atoms with Crippen LogP contribution in [0.3, 0.4) is 0 Å². The van der Waals surface area contributed by atoms with Crippen LogP contribution >= 0.6 is 31.9 Å². The number of amides is 1. The van der Waals surface area contributed by atoms with Crippen LogP contribution in [0.1, 0.15) is 20.3 Å². The molecule has 2 aliphatic rings. The third-order valence-corrected chi connectivity index (χ3v) is 5.73. The molecule has 1 saturated carbocycles. The Morgan fingerprint density at radius 1 is 1.58 bits per heavy atom. The standard InChI is InChI=1S/C8H11Br2NO/c1-4-3-5(12)11-7(2)6(4)8(7,9)10/h4,6H,3H2,1-2H3,(H,11,12)/t4-,6-,7+/m0/s1. The minimum Gasteiger partial charge on any atom is -0.348 e. The molecule has 4 heteroatoms. The zero-order chi connectivity index (χ0) is 9.15. The van der Waals surface area contributed by atoms with Crippen LogP contribution in [-0.2, 0) is 4.79 Å². The Hall–Kier alpha value is 0.430. The van der Waals surface area contributed by atoms with E-state index in [9.17, 15) is 4.79 Å². The number of hydrogen-bond donors (Lipinski definition) is 1. The average Bonchev–Trinajstić information content (AvgIpc) is 2.24. The van der Waals surface area contributed by atoms with Gasteiger partial charge in [0.05, 0.1) is 5.54 Å². The van der Waals surface area contributed by atoms with Gasteiger partial charge in [0, 0.05) is 12.3 Å². The van der Waals surface area contributed by atoms with Crippen molar-refractivity contribution in [3.05, 3.63) is 0 Å². The summed E-state index contributed by atoms with van der Waals surface area (Å²) < 4.78 is -0.0709. The maximum absolute atomic E-state index is 11.3. The predicted molar refractivity (Wildman–Crippen MR) is 54.4 cm³/mol. The second-order valence-corrected chi connectivity index (χ2v) is 7.60. The Balaban J connectivity index is 2.29. The molecule has 1 saturated heterocycles. The number of carbonyl (C=O) groups is 1. The third kappa shape index (κ3) is 0.882. The number of fused-ring (bicyclic) bond motifs is 1. The number of nitrogens with one attached hydrogen (secondary N) is 1. The van der Waals surface area contributed by atoms with E-state index in [0.29, 0.717) is 18.3 Å². The molecular formula is C8H11Br2NO. The lowest BCUT2D eigenvalue weighted by molar-refractivity contribution is -0.124. The second-order valence-electron chi connectivity index (χ2n) is 4.03. The molecule has 3 atom stereocenters. The van der Waals surface area contributed by atoms with E-state index in [1.54, 1.807) is 0 Å². The Morgan fingerprint density at radius 3 is 2.67 bits per heavy atom. The van der Waals surface area contributed by atoms with Gasteiger partial charge in [-0.1, -0.05) is 38.8 Å². The first-order valence-electron chi connectivity index (χ1n) is 4.08. The molecule has 0 aromatic heterocycles. The first-order valence-corrected chi connectivity index (χ1v) is 5.67. The van der Waals surface area contributed by atoms with Crippen LogP contribution in [0.15, 0.2) is 0 Å². The first kappa shape index (κ1) is 9.00. The Morgan fingerprint density at radius 2 is 2.17 bits per heavy atom. The van der Waals surface area contributed by atoms with Gasteiger partial charge < -0.3 is 5.32 Å². The molecule has 2 nitrogen and oxygen atoms in total. The van der Waals surface area contributed by atoms with Gasteiger partial charge in [0.1, 0.15) is 3.23 Å². The highest BCUT2D eigenvalue weighted by molar-refractivity contribution is 9.25. The average molecular weight is 297 g/mol. The van der Waals surface area contributed by atoms with Gasteiger partial charge in [-0.05, 0) is 12.8 Å². The van der Waals surface area contributed by atoms with Crippen molar-refractivity contribution in [3.63, 3.8) is 0 Å².